The molecule has 3 unspecified atom stereocenters. The van der Waals surface area contributed by atoms with Gasteiger partial charge in [0.15, 0.2) is 11.5 Å². The minimum Gasteiger partial charge on any atom is -0.493 e. The van der Waals surface area contributed by atoms with Gasteiger partial charge in [0.1, 0.15) is 0 Å². The molecule has 3 atom stereocenters. The van der Waals surface area contributed by atoms with Crippen LogP contribution in [0, 0.1) is 0 Å². The van der Waals surface area contributed by atoms with Gasteiger partial charge in [-0.3, -0.25) is 4.21 Å². The number of hydrogen-bond donors (Lipinski definition) is 1. The zero-order valence-electron chi connectivity index (χ0n) is 13.6. The lowest BCUT2D eigenvalue weighted by molar-refractivity contribution is 0.353. The fourth-order valence-electron chi connectivity index (χ4n) is 2.19. The molecule has 0 radical (unpaired) electrons. The molecule has 0 bridgehead atoms. The van der Waals surface area contributed by atoms with Gasteiger partial charge in [0.05, 0.1) is 14.2 Å². The van der Waals surface area contributed by atoms with E-state index in [1.165, 1.54) is 5.56 Å². The van der Waals surface area contributed by atoms with Crippen LogP contribution in [-0.2, 0) is 10.8 Å². The average molecular weight is 313 g/mol. The summed E-state index contributed by atoms with van der Waals surface area (Å²) in [7, 11) is 2.53. The third kappa shape index (κ3) is 5.32. The molecular weight excluding hydrogens is 286 g/mol. The van der Waals surface area contributed by atoms with Crippen LogP contribution in [0.15, 0.2) is 18.2 Å². The smallest absolute Gasteiger partial charge is 0.161 e. The molecule has 0 saturated carbocycles. The third-order valence-electron chi connectivity index (χ3n) is 3.73. The Bertz CT molecular complexity index is 465. The summed E-state index contributed by atoms with van der Waals surface area (Å²) in [4.78, 5) is 0. The molecule has 0 aliphatic rings. The molecule has 1 aromatic carbocycles. The van der Waals surface area contributed by atoms with Crippen LogP contribution in [0.5, 0.6) is 11.5 Å². The predicted molar refractivity (Wildman–Crippen MR) is 88.7 cm³/mol. The van der Waals surface area contributed by atoms with Crippen LogP contribution in [0.25, 0.3) is 0 Å². The Morgan fingerprint density at radius 1 is 1.24 bits per heavy atom. The van der Waals surface area contributed by atoms with E-state index in [1.54, 1.807) is 20.5 Å². The Kier molecular flexibility index (Phi) is 7.75. The fraction of sp³-hybridized carbons (Fsp3) is 0.625. The summed E-state index contributed by atoms with van der Waals surface area (Å²) < 4.78 is 22.0. The normalized spacial score (nSPS) is 15.3. The Hall–Kier alpha value is -1.07. The van der Waals surface area contributed by atoms with Crippen molar-refractivity contribution in [2.45, 2.75) is 38.0 Å². The number of ether oxygens (including phenoxy) is 2. The van der Waals surface area contributed by atoms with E-state index in [2.05, 4.69) is 18.3 Å². The average Bonchev–Trinajstić information content (AvgIpc) is 2.50. The number of nitrogens with one attached hydrogen (secondary N) is 1. The van der Waals surface area contributed by atoms with Crippen LogP contribution in [0.3, 0.4) is 0 Å². The molecule has 0 aliphatic carbocycles. The van der Waals surface area contributed by atoms with Crippen LogP contribution in [-0.4, -0.2) is 36.5 Å². The molecule has 120 valence electrons. The van der Waals surface area contributed by atoms with Gasteiger partial charge < -0.3 is 14.8 Å². The van der Waals surface area contributed by atoms with Gasteiger partial charge in [-0.1, -0.05) is 19.9 Å². The molecule has 1 rings (SSSR count). The highest BCUT2D eigenvalue weighted by molar-refractivity contribution is 7.84. The van der Waals surface area contributed by atoms with Crippen molar-refractivity contribution in [1.82, 2.24) is 5.32 Å². The van der Waals surface area contributed by atoms with Crippen molar-refractivity contribution in [2.24, 2.45) is 0 Å². The molecule has 0 spiro atoms. The van der Waals surface area contributed by atoms with E-state index in [9.17, 15) is 4.21 Å². The van der Waals surface area contributed by atoms with Crippen molar-refractivity contribution in [2.75, 3.05) is 27.0 Å². The highest BCUT2D eigenvalue weighted by Crippen LogP contribution is 2.30. The SMILES string of the molecule is CCC(NCCC(C)S(C)=O)c1ccc(OC)c(OC)c1. The molecule has 5 heteroatoms. The molecule has 0 heterocycles. The Morgan fingerprint density at radius 2 is 1.90 bits per heavy atom. The van der Waals surface area contributed by atoms with E-state index in [4.69, 9.17) is 9.47 Å². The van der Waals surface area contributed by atoms with E-state index < -0.39 is 10.8 Å². The maximum atomic E-state index is 11.4. The summed E-state index contributed by atoms with van der Waals surface area (Å²) in [6.07, 6.45) is 3.66. The summed E-state index contributed by atoms with van der Waals surface area (Å²) in [5.74, 6) is 1.49. The van der Waals surface area contributed by atoms with Crippen LogP contribution >= 0.6 is 0 Å². The van der Waals surface area contributed by atoms with Gasteiger partial charge in [0, 0.05) is 28.3 Å². The zero-order valence-corrected chi connectivity index (χ0v) is 14.5. The number of hydrogen-bond acceptors (Lipinski definition) is 4. The van der Waals surface area contributed by atoms with Crippen LogP contribution in [0.1, 0.15) is 38.3 Å². The first-order valence-corrected chi connectivity index (χ1v) is 8.93. The van der Waals surface area contributed by atoms with Gasteiger partial charge in [-0.25, -0.2) is 0 Å². The lowest BCUT2D eigenvalue weighted by Crippen LogP contribution is -2.25. The molecule has 1 aromatic rings. The molecular formula is C16H27NO3S. The Morgan fingerprint density at radius 3 is 2.43 bits per heavy atom. The van der Waals surface area contributed by atoms with E-state index in [0.29, 0.717) is 0 Å². The van der Waals surface area contributed by atoms with Crippen molar-refractivity contribution in [1.29, 1.82) is 0 Å². The van der Waals surface area contributed by atoms with Crippen LogP contribution < -0.4 is 14.8 Å². The van der Waals surface area contributed by atoms with E-state index >= 15 is 0 Å². The van der Waals surface area contributed by atoms with Crippen molar-refractivity contribution in [3.05, 3.63) is 23.8 Å². The lowest BCUT2D eigenvalue weighted by atomic mass is 10.0. The summed E-state index contributed by atoms with van der Waals surface area (Å²) in [6, 6.07) is 6.27. The monoisotopic (exact) mass is 313 g/mol. The molecule has 4 nitrogen and oxygen atoms in total. The summed E-state index contributed by atoms with van der Waals surface area (Å²) in [6.45, 7) is 5.03. The predicted octanol–water partition coefficient (Wildman–Crippen LogP) is 2.90. The van der Waals surface area contributed by atoms with Gasteiger partial charge >= 0.3 is 0 Å². The lowest BCUT2D eigenvalue weighted by Gasteiger charge is -2.20. The molecule has 0 saturated heterocycles. The first kappa shape index (κ1) is 18.0. The van der Waals surface area contributed by atoms with Gasteiger partial charge in [0.2, 0.25) is 0 Å². The zero-order chi connectivity index (χ0) is 15.8. The molecule has 0 aliphatic heterocycles. The number of benzene rings is 1. The summed E-state index contributed by atoms with van der Waals surface area (Å²) in [5.41, 5.74) is 1.18. The van der Waals surface area contributed by atoms with E-state index in [0.717, 1.165) is 30.9 Å². The molecule has 0 aromatic heterocycles. The minimum absolute atomic E-state index is 0.223. The van der Waals surface area contributed by atoms with Crippen molar-refractivity contribution in [3.8, 4) is 11.5 Å². The molecule has 0 amide bonds. The van der Waals surface area contributed by atoms with Gasteiger partial charge in [-0.15, -0.1) is 0 Å². The highest BCUT2D eigenvalue weighted by atomic mass is 32.2. The van der Waals surface area contributed by atoms with Crippen molar-refractivity contribution in [3.63, 3.8) is 0 Å². The fourth-order valence-corrected chi connectivity index (χ4v) is 2.64. The molecule has 0 fully saturated rings. The number of methoxy groups -OCH3 is 2. The molecule has 21 heavy (non-hydrogen) atoms. The maximum absolute atomic E-state index is 11.4. The van der Waals surface area contributed by atoms with Crippen LogP contribution in [0.2, 0.25) is 0 Å². The third-order valence-corrected chi connectivity index (χ3v) is 5.10. The first-order valence-electron chi connectivity index (χ1n) is 7.31. The Labute approximate surface area is 130 Å². The number of rotatable bonds is 9. The second-order valence-corrected chi connectivity index (χ2v) is 6.93. The van der Waals surface area contributed by atoms with E-state index in [1.807, 2.05) is 19.1 Å². The summed E-state index contributed by atoms with van der Waals surface area (Å²) >= 11 is 0. The van der Waals surface area contributed by atoms with Crippen molar-refractivity contribution < 1.29 is 13.7 Å². The highest BCUT2D eigenvalue weighted by Gasteiger charge is 2.13. The standard InChI is InChI=1S/C16H27NO3S/c1-6-14(17-10-9-12(2)21(5)18)13-7-8-15(19-3)16(11-13)20-4/h7-8,11-12,14,17H,6,9-10H2,1-5H3. The topological polar surface area (TPSA) is 47.6 Å². The van der Waals surface area contributed by atoms with Gasteiger partial charge in [-0.05, 0) is 37.1 Å². The quantitative estimate of drug-likeness (QED) is 0.761. The van der Waals surface area contributed by atoms with Gasteiger partial charge in [0.25, 0.3) is 0 Å². The summed E-state index contributed by atoms with van der Waals surface area (Å²) in [5, 5.41) is 3.75. The Balaban J connectivity index is 2.69. The second-order valence-electron chi connectivity index (χ2n) is 5.13. The first-order chi connectivity index (χ1) is 10.0. The maximum Gasteiger partial charge on any atom is 0.161 e. The van der Waals surface area contributed by atoms with Crippen molar-refractivity contribution >= 4 is 10.8 Å². The molecule has 1 N–H and O–H groups in total. The minimum atomic E-state index is -0.757. The second kappa shape index (κ2) is 9.05. The van der Waals surface area contributed by atoms with Gasteiger partial charge in [-0.2, -0.15) is 0 Å². The van der Waals surface area contributed by atoms with Crippen LogP contribution in [0.4, 0.5) is 0 Å². The van der Waals surface area contributed by atoms with E-state index in [-0.39, 0.29) is 11.3 Å². The largest absolute Gasteiger partial charge is 0.493 e.